The molecule has 1 amide bonds. The molecule has 0 atom stereocenters. The Morgan fingerprint density at radius 3 is 2.40 bits per heavy atom. The maximum absolute atomic E-state index is 12.3. The van der Waals surface area contributed by atoms with Gasteiger partial charge in [-0.3, -0.25) is 5.32 Å². The van der Waals surface area contributed by atoms with E-state index in [1.807, 2.05) is 55.5 Å². The second kappa shape index (κ2) is 6.56. The van der Waals surface area contributed by atoms with E-state index < -0.39 is 12.2 Å². The number of nitrogens with zero attached hydrogens (tertiary/aromatic N) is 4. The number of aryl methyl sites for hydroxylation is 1. The topological polar surface area (TPSA) is 81.9 Å². The van der Waals surface area contributed by atoms with E-state index in [2.05, 4.69) is 20.7 Å². The molecule has 7 nitrogen and oxygen atoms in total. The molecule has 2 heterocycles. The van der Waals surface area contributed by atoms with E-state index in [-0.39, 0.29) is 5.95 Å². The van der Waals surface area contributed by atoms with E-state index in [1.165, 1.54) is 4.80 Å². The van der Waals surface area contributed by atoms with Crippen molar-refractivity contribution in [1.82, 2.24) is 20.2 Å². The molecule has 25 heavy (non-hydrogen) atoms. The molecular weight excluding hydrogens is 338 g/mol. The van der Waals surface area contributed by atoms with Gasteiger partial charge in [-0.25, -0.2) is 4.79 Å². The molecule has 126 valence electrons. The van der Waals surface area contributed by atoms with Gasteiger partial charge in [0.25, 0.3) is 5.95 Å². The average molecular weight is 353 g/mol. The van der Waals surface area contributed by atoms with Crippen molar-refractivity contribution >= 4 is 23.8 Å². The van der Waals surface area contributed by atoms with Crippen LogP contribution in [0.4, 0.5) is 10.7 Å². The van der Waals surface area contributed by atoms with Gasteiger partial charge in [0, 0.05) is 20.9 Å². The minimum absolute atomic E-state index is 0.124. The van der Waals surface area contributed by atoms with Gasteiger partial charge in [0.2, 0.25) is 0 Å². The summed E-state index contributed by atoms with van der Waals surface area (Å²) >= 11 is 1.67. The summed E-state index contributed by atoms with van der Waals surface area (Å²) in [6, 6.07) is 15.8. The molecular formula is C17H15N5O2S. The lowest BCUT2D eigenvalue weighted by Gasteiger charge is -2.27. The van der Waals surface area contributed by atoms with E-state index in [0.717, 1.165) is 20.9 Å². The average Bonchev–Trinajstić information content (AvgIpc) is 3.09. The van der Waals surface area contributed by atoms with Crippen LogP contribution < -0.4 is 5.32 Å². The molecule has 0 aliphatic carbocycles. The molecule has 0 bridgehead atoms. The van der Waals surface area contributed by atoms with Crippen LogP contribution in [0.5, 0.6) is 0 Å². The van der Waals surface area contributed by atoms with Crippen LogP contribution in [0, 0.1) is 0 Å². The van der Waals surface area contributed by atoms with Gasteiger partial charge in [-0.05, 0) is 24.3 Å². The largest absolute Gasteiger partial charge is 0.436 e. The summed E-state index contributed by atoms with van der Waals surface area (Å²) in [5, 5.41) is 14.1. The minimum atomic E-state index is -0.614. The van der Waals surface area contributed by atoms with E-state index in [1.54, 1.807) is 11.8 Å². The SMILES string of the molecule is CCn1nnc(NC(=O)OC2c3ccccc3Sc3ccccc32)n1. The number of rotatable bonds is 3. The van der Waals surface area contributed by atoms with Crippen molar-refractivity contribution in [3.05, 3.63) is 59.7 Å². The van der Waals surface area contributed by atoms with E-state index in [0.29, 0.717) is 6.54 Å². The number of carbonyl (C=O) groups excluding carboxylic acids is 1. The van der Waals surface area contributed by atoms with Gasteiger partial charge in [-0.2, -0.15) is 4.80 Å². The van der Waals surface area contributed by atoms with Crippen LogP contribution in [0.3, 0.4) is 0 Å². The van der Waals surface area contributed by atoms with Gasteiger partial charge in [-0.1, -0.05) is 53.3 Å². The number of ether oxygens (including phenoxy) is 1. The second-order valence-corrected chi connectivity index (χ2v) is 6.47. The van der Waals surface area contributed by atoms with E-state index >= 15 is 0 Å². The lowest BCUT2D eigenvalue weighted by molar-refractivity contribution is 0.128. The fourth-order valence-corrected chi connectivity index (χ4v) is 3.76. The zero-order chi connectivity index (χ0) is 17.2. The van der Waals surface area contributed by atoms with Crippen LogP contribution in [-0.4, -0.2) is 26.3 Å². The molecule has 0 fully saturated rings. The van der Waals surface area contributed by atoms with Crippen molar-refractivity contribution in [2.45, 2.75) is 29.4 Å². The van der Waals surface area contributed by atoms with Crippen LogP contribution in [0.1, 0.15) is 24.2 Å². The fraction of sp³-hybridized carbons (Fsp3) is 0.176. The molecule has 0 saturated heterocycles. The standard InChI is InChI=1S/C17H15N5O2S/c1-2-22-20-16(19-21-22)18-17(23)24-15-11-7-3-5-9-13(11)25-14-10-6-4-8-12(14)15/h3-10,15H,2H2,1H3,(H,18,20,23). The Kier molecular flexibility index (Phi) is 4.10. The van der Waals surface area contributed by atoms with Gasteiger partial charge >= 0.3 is 6.09 Å². The van der Waals surface area contributed by atoms with E-state index in [4.69, 9.17) is 4.74 Å². The number of benzene rings is 2. The fourth-order valence-electron chi connectivity index (χ4n) is 2.65. The molecule has 0 spiro atoms. The maximum atomic E-state index is 12.3. The van der Waals surface area contributed by atoms with Crippen molar-refractivity contribution in [3.63, 3.8) is 0 Å². The van der Waals surface area contributed by atoms with Crippen LogP contribution in [0.2, 0.25) is 0 Å². The molecule has 4 rings (SSSR count). The lowest BCUT2D eigenvalue weighted by atomic mass is 10.0. The Morgan fingerprint density at radius 1 is 1.16 bits per heavy atom. The zero-order valence-corrected chi connectivity index (χ0v) is 14.2. The summed E-state index contributed by atoms with van der Waals surface area (Å²) in [7, 11) is 0. The molecule has 8 heteroatoms. The molecule has 1 aromatic heterocycles. The first-order chi connectivity index (χ1) is 12.2. The van der Waals surface area contributed by atoms with Crippen LogP contribution in [0.15, 0.2) is 58.3 Å². The molecule has 1 N–H and O–H groups in total. The first kappa shape index (κ1) is 15.6. The summed E-state index contributed by atoms with van der Waals surface area (Å²) in [5.74, 6) is 0.124. The Bertz CT molecular complexity index is 881. The van der Waals surface area contributed by atoms with E-state index in [9.17, 15) is 4.79 Å². The third-order valence-electron chi connectivity index (χ3n) is 3.80. The van der Waals surface area contributed by atoms with Crippen LogP contribution in [0.25, 0.3) is 0 Å². The quantitative estimate of drug-likeness (QED) is 0.776. The van der Waals surface area contributed by atoms with Crippen molar-refractivity contribution < 1.29 is 9.53 Å². The summed E-state index contributed by atoms with van der Waals surface area (Å²) in [4.78, 5) is 15.9. The maximum Gasteiger partial charge on any atom is 0.415 e. The van der Waals surface area contributed by atoms with Crippen molar-refractivity contribution in [2.75, 3.05) is 5.32 Å². The zero-order valence-electron chi connectivity index (χ0n) is 13.4. The third kappa shape index (κ3) is 3.08. The summed E-state index contributed by atoms with van der Waals surface area (Å²) < 4.78 is 5.71. The molecule has 1 aliphatic heterocycles. The number of fused-ring (bicyclic) bond motifs is 2. The van der Waals surface area contributed by atoms with Gasteiger partial charge in [0.05, 0.1) is 6.54 Å². The molecule has 3 aromatic rings. The Morgan fingerprint density at radius 2 is 1.80 bits per heavy atom. The predicted molar refractivity (Wildman–Crippen MR) is 92.4 cm³/mol. The first-order valence-electron chi connectivity index (χ1n) is 7.85. The van der Waals surface area contributed by atoms with Crippen LogP contribution in [-0.2, 0) is 11.3 Å². The Balaban J connectivity index is 1.60. The predicted octanol–water partition coefficient (Wildman–Crippen LogP) is 3.50. The number of nitrogens with one attached hydrogen (secondary N) is 1. The van der Waals surface area contributed by atoms with Crippen LogP contribution >= 0.6 is 11.8 Å². The number of tetrazole rings is 1. The highest BCUT2D eigenvalue weighted by molar-refractivity contribution is 7.99. The lowest BCUT2D eigenvalue weighted by Crippen LogP contribution is -2.21. The monoisotopic (exact) mass is 353 g/mol. The van der Waals surface area contributed by atoms with Crippen molar-refractivity contribution in [2.24, 2.45) is 0 Å². The molecule has 1 aliphatic rings. The van der Waals surface area contributed by atoms with Crippen molar-refractivity contribution in [1.29, 1.82) is 0 Å². The highest BCUT2D eigenvalue weighted by Crippen LogP contribution is 2.46. The Hall–Kier alpha value is -2.87. The molecule has 0 unspecified atom stereocenters. The number of carbonyl (C=O) groups is 1. The summed E-state index contributed by atoms with van der Waals surface area (Å²) in [5.41, 5.74) is 1.93. The van der Waals surface area contributed by atoms with Crippen molar-refractivity contribution in [3.8, 4) is 0 Å². The van der Waals surface area contributed by atoms with Gasteiger partial charge in [0.1, 0.15) is 0 Å². The number of hydrogen-bond donors (Lipinski definition) is 1. The second-order valence-electron chi connectivity index (χ2n) is 5.39. The molecule has 0 radical (unpaired) electrons. The minimum Gasteiger partial charge on any atom is -0.436 e. The third-order valence-corrected chi connectivity index (χ3v) is 4.98. The normalized spacial score (nSPS) is 13.0. The van der Waals surface area contributed by atoms with Gasteiger partial charge in [-0.15, -0.1) is 5.10 Å². The van der Waals surface area contributed by atoms with Gasteiger partial charge in [0.15, 0.2) is 6.10 Å². The highest BCUT2D eigenvalue weighted by Gasteiger charge is 2.29. The Labute approximate surface area is 148 Å². The number of hydrogen-bond acceptors (Lipinski definition) is 6. The number of aromatic nitrogens is 4. The molecule has 0 saturated carbocycles. The smallest absolute Gasteiger partial charge is 0.415 e. The first-order valence-corrected chi connectivity index (χ1v) is 8.67. The highest BCUT2D eigenvalue weighted by atomic mass is 32.2. The van der Waals surface area contributed by atoms with Gasteiger partial charge < -0.3 is 4.74 Å². The summed E-state index contributed by atoms with van der Waals surface area (Å²) in [6.45, 7) is 2.46. The number of amides is 1. The summed E-state index contributed by atoms with van der Waals surface area (Å²) in [6.07, 6.45) is -1.09. The molecule has 2 aromatic carbocycles. The number of anilines is 1.